The molecule has 4 rings (SSSR count). The number of hydrogen-bond acceptors (Lipinski definition) is 8. The third-order valence-electron chi connectivity index (χ3n) is 5.28. The maximum Gasteiger partial charge on any atom is 0.335 e. The molecular formula is C24H15ClN4O8. The average molecular weight is 523 g/mol. The van der Waals surface area contributed by atoms with Crippen LogP contribution in [0.3, 0.4) is 0 Å². The van der Waals surface area contributed by atoms with Crippen molar-refractivity contribution < 1.29 is 29.0 Å². The molecule has 37 heavy (non-hydrogen) atoms. The summed E-state index contributed by atoms with van der Waals surface area (Å²) in [5.74, 6) is -1.78. The van der Waals surface area contributed by atoms with E-state index in [1.54, 1.807) is 19.1 Å². The molecule has 4 amide bonds. The lowest BCUT2D eigenvalue weighted by Crippen LogP contribution is -2.54. The number of carbonyl (C=O) groups excluding carboxylic acids is 3. The summed E-state index contributed by atoms with van der Waals surface area (Å²) in [7, 11) is 0. The molecule has 1 saturated heterocycles. The first-order chi connectivity index (χ1) is 17.5. The smallest absolute Gasteiger partial charge is 0.335 e. The Kier molecular flexibility index (Phi) is 6.67. The van der Waals surface area contributed by atoms with Gasteiger partial charge in [-0.2, -0.15) is 0 Å². The number of anilines is 1. The van der Waals surface area contributed by atoms with Crippen LogP contribution in [0.15, 0.2) is 66.2 Å². The first kappa shape index (κ1) is 25.0. The number of hydrogen-bond donors (Lipinski definition) is 1. The molecule has 1 aliphatic heterocycles. The predicted molar refractivity (Wildman–Crippen MR) is 131 cm³/mol. The molecule has 0 unspecified atom stereocenters. The number of rotatable bonds is 6. The minimum Gasteiger partial charge on any atom is -0.450 e. The SMILES string of the molecule is Cc1ccc(Cl)cc1N1C(=O)NC(=O)/C(=C\c2ccc(Oc3ccc([N+](=O)[O-])cc3[N+](=O)[O-])cc2)C1=O. The number of imide groups is 2. The number of ether oxygens (including phenoxy) is 1. The Labute approximate surface area is 213 Å². The van der Waals surface area contributed by atoms with Gasteiger partial charge in [0.25, 0.3) is 17.5 Å². The van der Waals surface area contributed by atoms with Crippen LogP contribution in [0.4, 0.5) is 21.9 Å². The van der Waals surface area contributed by atoms with Gasteiger partial charge in [0.1, 0.15) is 11.3 Å². The summed E-state index contributed by atoms with van der Waals surface area (Å²) in [5, 5.41) is 24.6. The van der Waals surface area contributed by atoms with E-state index in [9.17, 15) is 34.6 Å². The summed E-state index contributed by atoms with van der Waals surface area (Å²) in [6.07, 6.45) is 1.27. The second-order valence-corrected chi connectivity index (χ2v) is 8.16. The number of amides is 4. The summed E-state index contributed by atoms with van der Waals surface area (Å²) in [4.78, 5) is 59.4. The number of carbonyl (C=O) groups is 3. The third kappa shape index (κ3) is 5.13. The second-order valence-electron chi connectivity index (χ2n) is 7.73. The first-order valence-electron chi connectivity index (χ1n) is 10.4. The maximum atomic E-state index is 13.1. The standard InChI is InChI=1S/C24H15ClN4O8/c1-13-2-5-15(25)11-19(13)27-23(31)18(22(30)26-24(27)32)10-14-3-7-17(8-4-14)37-21-9-6-16(28(33)34)12-20(21)29(35)36/h2-12H,1H3,(H,26,30,32)/b18-10+. The quantitative estimate of drug-likeness (QED) is 0.206. The van der Waals surface area contributed by atoms with Crippen molar-refractivity contribution in [3.05, 3.63) is 103 Å². The van der Waals surface area contributed by atoms with Gasteiger partial charge in [0.15, 0.2) is 0 Å². The predicted octanol–water partition coefficient (Wildman–Crippen LogP) is 4.92. The van der Waals surface area contributed by atoms with Crippen LogP contribution in [0.2, 0.25) is 5.02 Å². The molecule has 3 aromatic rings. The van der Waals surface area contributed by atoms with E-state index in [-0.39, 0.29) is 22.8 Å². The lowest BCUT2D eigenvalue weighted by atomic mass is 10.1. The fraction of sp³-hybridized carbons (Fsp3) is 0.0417. The number of urea groups is 1. The van der Waals surface area contributed by atoms with Crippen molar-refractivity contribution in [2.45, 2.75) is 6.92 Å². The second kappa shape index (κ2) is 9.87. The molecule has 13 heteroatoms. The molecule has 1 heterocycles. The molecule has 1 N–H and O–H groups in total. The van der Waals surface area contributed by atoms with Crippen molar-refractivity contribution in [1.29, 1.82) is 0 Å². The molecule has 0 spiro atoms. The van der Waals surface area contributed by atoms with E-state index in [4.69, 9.17) is 16.3 Å². The summed E-state index contributed by atoms with van der Waals surface area (Å²) in [5.41, 5.74) is -0.159. The highest BCUT2D eigenvalue weighted by molar-refractivity contribution is 6.39. The van der Waals surface area contributed by atoms with Crippen LogP contribution in [0.1, 0.15) is 11.1 Å². The van der Waals surface area contributed by atoms with Gasteiger partial charge in [-0.3, -0.25) is 35.1 Å². The Morgan fingerprint density at radius 3 is 2.30 bits per heavy atom. The highest BCUT2D eigenvalue weighted by atomic mass is 35.5. The highest BCUT2D eigenvalue weighted by Crippen LogP contribution is 2.34. The number of halogens is 1. The van der Waals surface area contributed by atoms with Gasteiger partial charge in [0.05, 0.1) is 21.6 Å². The van der Waals surface area contributed by atoms with E-state index in [0.717, 1.165) is 23.1 Å². The van der Waals surface area contributed by atoms with Crippen molar-refractivity contribution in [3.8, 4) is 11.5 Å². The minimum atomic E-state index is -0.911. The third-order valence-corrected chi connectivity index (χ3v) is 5.52. The minimum absolute atomic E-state index is 0.157. The average Bonchev–Trinajstić information content (AvgIpc) is 2.84. The molecule has 0 saturated carbocycles. The Morgan fingerprint density at radius 1 is 0.946 bits per heavy atom. The molecule has 0 aromatic heterocycles. The van der Waals surface area contributed by atoms with E-state index < -0.39 is 39.1 Å². The van der Waals surface area contributed by atoms with Gasteiger partial charge in [-0.05, 0) is 54.5 Å². The number of aryl methyl sites for hydroxylation is 1. The first-order valence-corrected chi connectivity index (χ1v) is 10.8. The molecule has 0 radical (unpaired) electrons. The Hall–Kier alpha value is -5.10. The van der Waals surface area contributed by atoms with Gasteiger partial charge >= 0.3 is 11.7 Å². The van der Waals surface area contributed by atoms with E-state index in [1.165, 1.54) is 36.4 Å². The van der Waals surface area contributed by atoms with Gasteiger partial charge in [-0.1, -0.05) is 29.8 Å². The van der Waals surface area contributed by atoms with E-state index in [1.807, 2.05) is 0 Å². The number of benzene rings is 3. The van der Waals surface area contributed by atoms with Crippen LogP contribution < -0.4 is 15.0 Å². The largest absolute Gasteiger partial charge is 0.450 e. The molecule has 0 atom stereocenters. The molecule has 12 nitrogen and oxygen atoms in total. The molecule has 0 aliphatic carbocycles. The van der Waals surface area contributed by atoms with Gasteiger partial charge in [0.2, 0.25) is 5.75 Å². The Bertz CT molecular complexity index is 1520. The summed E-state index contributed by atoms with van der Waals surface area (Å²) in [6, 6.07) is 12.5. The van der Waals surface area contributed by atoms with Crippen molar-refractivity contribution >= 4 is 52.6 Å². The molecule has 1 fully saturated rings. The summed E-state index contributed by atoms with van der Waals surface area (Å²) < 4.78 is 5.51. The fourth-order valence-corrected chi connectivity index (χ4v) is 3.64. The number of non-ortho nitro benzene ring substituents is 1. The Balaban J connectivity index is 1.61. The van der Waals surface area contributed by atoms with Crippen molar-refractivity contribution in [3.63, 3.8) is 0 Å². The number of nitrogens with one attached hydrogen (secondary N) is 1. The molecule has 3 aromatic carbocycles. The van der Waals surface area contributed by atoms with Gasteiger partial charge in [-0.25, -0.2) is 9.69 Å². The van der Waals surface area contributed by atoms with Crippen LogP contribution in [-0.2, 0) is 9.59 Å². The number of nitro groups is 2. The monoisotopic (exact) mass is 522 g/mol. The summed E-state index contributed by atoms with van der Waals surface area (Å²) >= 11 is 6.02. The zero-order valence-electron chi connectivity index (χ0n) is 18.8. The van der Waals surface area contributed by atoms with Crippen LogP contribution >= 0.6 is 11.6 Å². The number of nitro benzene ring substituents is 2. The molecule has 186 valence electrons. The lowest BCUT2D eigenvalue weighted by Gasteiger charge is -2.27. The normalized spacial score (nSPS) is 14.5. The van der Waals surface area contributed by atoms with Crippen molar-refractivity contribution in [2.24, 2.45) is 0 Å². The van der Waals surface area contributed by atoms with Crippen molar-refractivity contribution in [1.82, 2.24) is 5.32 Å². The topological polar surface area (TPSA) is 162 Å². The van der Waals surface area contributed by atoms with E-state index >= 15 is 0 Å². The van der Waals surface area contributed by atoms with Crippen LogP contribution in [0, 0.1) is 27.2 Å². The van der Waals surface area contributed by atoms with Crippen LogP contribution in [0.5, 0.6) is 11.5 Å². The van der Waals surface area contributed by atoms with E-state index in [2.05, 4.69) is 5.32 Å². The highest BCUT2D eigenvalue weighted by Gasteiger charge is 2.37. The zero-order chi connectivity index (χ0) is 26.9. The van der Waals surface area contributed by atoms with Crippen molar-refractivity contribution in [2.75, 3.05) is 4.90 Å². The molecular weight excluding hydrogens is 508 g/mol. The zero-order valence-corrected chi connectivity index (χ0v) is 19.6. The lowest BCUT2D eigenvalue weighted by molar-refractivity contribution is -0.394. The van der Waals surface area contributed by atoms with E-state index in [0.29, 0.717) is 16.1 Å². The number of barbiturate groups is 1. The fourth-order valence-electron chi connectivity index (χ4n) is 3.47. The van der Waals surface area contributed by atoms with Gasteiger partial charge in [0, 0.05) is 11.1 Å². The number of nitrogens with zero attached hydrogens (tertiary/aromatic N) is 3. The molecule has 0 bridgehead atoms. The van der Waals surface area contributed by atoms with Crippen LogP contribution in [0.25, 0.3) is 6.08 Å². The van der Waals surface area contributed by atoms with Gasteiger partial charge in [-0.15, -0.1) is 0 Å². The summed E-state index contributed by atoms with van der Waals surface area (Å²) in [6.45, 7) is 1.68. The maximum absolute atomic E-state index is 13.1. The molecule has 1 aliphatic rings. The Morgan fingerprint density at radius 2 is 1.65 bits per heavy atom. The van der Waals surface area contributed by atoms with Gasteiger partial charge < -0.3 is 4.74 Å². The van der Waals surface area contributed by atoms with Crippen LogP contribution in [-0.4, -0.2) is 27.7 Å².